The number of benzene rings is 1. The summed E-state index contributed by atoms with van der Waals surface area (Å²) < 4.78 is 71.2. The highest BCUT2D eigenvalue weighted by Gasteiger charge is 2.37. The fourth-order valence-corrected chi connectivity index (χ4v) is 5.27. The minimum atomic E-state index is -4.75. The van der Waals surface area contributed by atoms with Crippen molar-refractivity contribution in [3.05, 3.63) is 28.8 Å². The summed E-state index contributed by atoms with van der Waals surface area (Å²) in [7, 11) is -4.11. The molecule has 162 valence electrons. The van der Waals surface area contributed by atoms with Crippen LogP contribution in [0.2, 0.25) is 5.02 Å². The summed E-state index contributed by atoms with van der Waals surface area (Å²) in [5.74, 6) is -0.484. The number of piperidine rings is 1. The first-order valence-corrected chi connectivity index (χ1v) is 11.2. The molecule has 2 aliphatic heterocycles. The highest BCUT2D eigenvalue weighted by atomic mass is 35.5. The lowest BCUT2D eigenvalue weighted by molar-refractivity contribution is -0.137. The van der Waals surface area contributed by atoms with E-state index in [0.717, 1.165) is 29.3 Å². The lowest BCUT2D eigenvalue weighted by Crippen LogP contribution is -2.44. The zero-order valence-electron chi connectivity index (χ0n) is 15.5. The second-order valence-electron chi connectivity index (χ2n) is 7.20. The van der Waals surface area contributed by atoms with Gasteiger partial charge in [0.2, 0.25) is 15.9 Å². The molecule has 3 rings (SSSR count). The van der Waals surface area contributed by atoms with Crippen molar-refractivity contribution in [3.8, 4) is 0 Å². The van der Waals surface area contributed by atoms with E-state index in [1.54, 1.807) is 0 Å². The third-order valence-corrected chi connectivity index (χ3v) is 7.46. The van der Waals surface area contributed by atoms with Gasteiger partial charge in [0.05, 0.1) is 21.6 Å². The predicted molar refractivity (Wildman–Crippen MR) is 99.9 cm³/mol. The van der Waals surface area contributed by atoms with Crippen LogP contribution in [0.15, 0.2) is 23.1 Å². The van der Waals surface area contributed by atoms with Gasteiger partial charge in [0.15, 0.2) is 0 Å². The maximum Gasteiger partial charge on any atom is 0.417 e. The molecule has 0 spiro atoms. The van der Waals surface area contributed by atoms with Crippen LogP contribution in [0.5, 0.6) is 0 Å². The number of nitrogens with one attached hydrogen (secondary N) is 1. The van der Waals surface area contributed by atoms with E-state index >= 15 is 0 Å². The molecule has 1 unspecified atom stereocenters. The van der Waals surface area contributed by atoms with Crippen molar-refractivity contribution < 1.29 is 31.1 Å². The molecule has 1 amide bonds. The molecule has 2 aliphatic rings. The highest BCUT2D eigenvalue weighted by molar-refractivity contribution is 7.89. The van der Waals surface area contributed by atoms with Crippen LogP contribution in [0.25, 0.3) is 0 Å². The molecule has 2 fully saturated rings. The molecular weight excluding hydrogens is 433 g/mol. The minimum Gasteiger partial charge on any atom is -0.376 e. The third-order valence-electron chi connectivity index (χ3n) is 5.23. The summed E-state index contributed by atoms with van der Waals surface area (Å²) in [4.78, 5) is 11.8. The summed E-state index contributed by atoms with van der Waals surface area (Å²) in [6, 6.07) is 2.55. The standard InChI is InChI=1S/C18H22ClF3N2O4S/c19-16-4-3-14(10-15(16)18(20,21)22)29(26,27)24-7-5-12(6-8-24)17(25)23-11-13-2-1-9-28-13/h3-4,10,12-13H,1-2,5-9,11H2,(H,23,25). The number of hydrogen-bond acceptors (Lipinski definition) is 4. The van der Waals surface area contributed by atoms with Crippen LogP contribution in [0.3, 0.4) is 0 Å². The molecule has 0 saturated carbocycles. The molecule has 1 aromatic carbocycles. The van der Waals surface area contributed by atoms with Crippen molar-refractivity contribution in [3.63, 3.8) is 0 Å². The van der Waals surface area contributed by atoms with Gasteiger partial charge in [-0.2, -0.15) is 17.5 Å². The predicted octanol–water partition coefficient (Wildman–Crippen LogP) is 3.05. The largest absolute Gasteiger partial charge is 0.417 e. The van der Waals surface area contributed by atoms with E-state index in [1.807, 2.05) is 0 Å². The van der Waals surface area contributed by atoms with Crippen LogP contribution in [0.4, 0.5) is 13.2 Å². The molecule has 0 bridgehead atoms. The Kier molecular flexibility index (Phi) is 6.77. The first-order valence-electron chi connectivity index (χ1n) is 9.35. The van der Waals surface area contributed by atoms with Crippen LogP contribution in [-0.2, 0) is 25.7 Å². The Morgan fingerprint density at radius 1 is 1.24 bits per heavy atom. The normalized spacial score (nSPS) is 22.0. The number of hydrogen-bond donors (Lipinski definition) is 1. The second-order valence-corrected chi connectivity index (χ2v) is 9.54. The van der Waals surface area contributed by atoms with Gasteiger partial charge in [-0.15, -0.1) is 0 Å². The molecule has 29 heavy (non-hydrogen) atoms. The molecule has 0 aliphatic carbocycles. The quantitative estimate of drug-likeness (QED) is 0.742. The van der Waals surface area contributed by atoms with E-state index < -0.39 is 31.7 Å². The lowest BCUT2D eigenvalue weighted by Gasteiger charge is -2.31. The van der Waals surface area contributed by atoms with Gasteiger partial charge in [0, 0.05) is 32.2 Å². The summed E-state index contributed by atoms with van der Waals surface area (Å²) in [5.41, 5.74) is -1.19. The zero-order valence-corrected chi connectivity index (χ0v) is 17.1. The number of sulfonamides is 1. The fraction of sp³-hybridized carbons (Fsp3) is 0.611. The number of alkyl halides is 3. The Bertz CT molecular complexity index is 849. The lowest BCUT2D eigenvalue weighted by atomic mass is 9.97. The van der Waals surface area contributed by atoms with Gasteiger partial charge < -0.3 is 10.1 Å². The van der Waals surface area contributed by atoms with Gasteiger partial charge >= 0.3 is 6.18 Å². The van der Waals surface area contributed by atoms with Crippen LogP contribution >= 0.6 is 11.6 Å². The molecule has 1 aromatic rings. The van der Waals surface area contributed by atoms with E-state index in [-0.39, 0.29) is 31.0 Å². The maximum absolute atomic E-state index is 13.0. The van der Waals surface area contributed by atoms with Crippen molar-refractivity contribution >= 4 is 27.5 Å². The Labute approximate surface area is 172 Å². The molecule has 2 heterocycles. The Morgan fingerprint density at radius 3 is 2.52 bits per heavy atom. The smallest absolute Gasteiger partial charge is 0.376 e. The topological polar surface area (TPSA) is 75.7 Å². The van der Waals surface area contributed by atoms with Crippen LogP contribution in [0.1, 0.15) is 31.2 Å². The minimum absolute atomic E-state index is 0.0205. The Hall–Kier alpha value is -1.36. The van der Waals surface area contributed by atoms with E-state index in [2.05, 4.69) is 5.32 Å². The third kappa shape index (κ3) is 5.22. The van der Waals surface area contributed by atoms with Gasteiger partial charge in [0.25, 0.3) is 0 Å². The Morgan fingerprint density at radius 2 is 1.93 bits per heavy atom. The fourth-order valence-electron chi connectivity index (χ4n) is 3.55. The average molecular weight is 455 g/mol. The van der Waals surface area contributed by atoms with Gasteiger partial charge in [-0.25, -0.2) is 8.42 Å². The highest BCUT2D eigenvalue weighted by Crippen LogP contribution is 2.36. The number of ether oxygens (including phenoxy) is 1. The van der Waals surface area contributed by atoms with Gasteiger partial charge in [-0.3, -0.25) is 4.79 Å². The zero-order chi connectivity index (χ0) is 21.2. The summed E-state index contributed by atoms with van der Waals surface area (Å²) in [5, 5.41) is 2.28. The number of halogens is 4. The van der Waals surface area contributed by atoms with Crippen molar-refractivity contribution in [2.75, 3.05) is 26.2 Å². The number of amides is 1. The molecular formula is C18H22ClF3N2O4S. The summed E-state index contributed by atoms with van der Waals surface area (Å²) in [6.45, 7) is 1.24. The van der Waals surface area contributed by atoms with E-state index in [1.165, 1.54) is 0 Å². The molecule has 11 heteroatoms. The molecule has 0 aromatic heterocycles. The van der Waals surface area contributed by atoms with Crippen molar-refractivity contribution in [1.82, 2.24) is 9.62 Å². The summed E-state index contributed by atoms with van der Waals surface area (Å²) >= 11 is 5.57. The summed E-state index contributed by atoms with van der Waals surface area (Å²) in [6.07, 6.45) is -2.26. The van der Waals surface area contributed by atoms with E-state index in [0.29, 0.717) is 32.1 Å². The first-order chi connectivity index (χ1) is 13.6. The molecule has 0 radical (unpaired) electrons. The van der Waals surface area contributed by atoms with Crippen molar-refractivity contribution in [1.29, 1.82) is 0 Å². The van der Waals surface area contributed by atoms with Gasteiger partial charge in [0.1, 0.15) is 0 Å². The number of rotatable bonds is 5. The number of nitrogens with zero attached hydrogens (tertiary/aromatic N) is 1. The number of carbonyl (C=O) groups excluding carboxylic acids is 1. The first kappa shape index (κ1) is 22.3. The van der Waals surface area contributed by atoms with Crippen LogP contribution < -0.4 is 5.32 Å². The van der Waals surface area contributed by atoms with Crippen LogP contribution in [0, 0.1) is 5.92 Å². The monoisotopic (exact) mass is 454 g/mol. The SMILES string of the molecule is O=C(NCC1CCCO1)C1CCN(S(=O)(=O)c2ccc(Cl)c(C(F)(F)F)c2)CC1. The van der Waals surface area contributed by atoms with Crippen molar-refractivity contribution in [2.45, 2.75) is 42.9 Å². The molecule has 2 saturated heterocycles. The van der Waals surface area contributed by atoms with Crippen molar-refractivity contribution in [2.24, 2.45) is 5.92 Å². The molecule has 1 N–H and O–H groups in total. The Balaban J connectivity index is 1.61. The molecule has 6 nitrogen and oxygen atoms in total. The second kappa shape index (κ2) is 8.79. The van der Waals surface area contributed by atoms with Crippen LogP contribution in [-0.4, -0.2) is 51.0 Å². The van der Waals surface area contributed by atoms with Gasteiger partial charge in [-0.05, 0) is 43.9 Å². The molecule has 1 atom stereocenters. The average Bonchev–Trinajstić information content (AvgIpc) is 3.19. The van der Waals surface area contributed by atoms with E-state index in [9.17, 15) is 26.4 Å². The number of carbonyl (C=O) groups is 1. The van der Waals surface area contributed by atoms with E-state index in [4.69, 9.17) is 16.3 Å². The van der Waals surface area contributed by atoms with Gasteiger partial charge in [-0.1, -0.05) is 11.6 Å². The maximum atomic E-state index is 13.0.